The van der Waals surface area contributed by atoms with Crippen molar-refractivity contribution in [1.82, 2.24) is 10.3 Å². The van der Waals surface area contributed by atoms with Gasteiger partial charge in [0.25, 0.3) is 0 Å². The number of anilines is 1. The number of aryl methyl sites for hydroxylation is 1. The van der Waals surface area contributed by atoms with Gasteiger partial charge in [0, 0.05) is 5.69 Å². The first-order chi connectivity index (χ1) is 8.90. The predicted molar refractivity (Wildman–Crippen MR) is 80.7 cm³/mol. The van der Waals surface area contributed by atoms with Gasteiger partial charge in [-0.2, -0.15) is 0 Å². The summed E-state index contributed by atoms with van der Waals surface area (Å²) in [5, 5.41) is 5.13. The summed E-state index contributed by atoms with van der Waals surface area (Å²) in [7, 11) is 0. The quantitative estimate of drug-likeness (QED) is 0.751. The second-order valence-corrected chi connectivity index (χ2v) is 4.72. The molecule has 0 unspecified atom stereocenters. The molecule has 7 heteroatoms. The maximum atomic E-state index is 11.6. The van der Waals surface area contributed by atoms with Gasteiger partial charge in [0.05, 0.1) is 24.5 Å². The van der Waals surface area contributed by atoms with Crippen molar-refractivity contribution in [3.05, 3.63) is 24.0 Å². The minimum absolute atomic E-state index is 0. The molecule has 0 aliphatic carbocycles. The highest BCUT2D eigenvalue weighted by atomic mass is 35.5. The van der Waals surface area contributed by atoms with Crippen LogP contribution in [0.4, 0.5) is 5.69 Å². The molecule has 4 N–H and O–H groups in total. The van der Waals surface area contributed by atoms with Gasteiger partial charge < -0.3 is 16.4 Å². The normalized spacial score (nSPS) is 11.4. The molecule has 20 heavy (non-hydrogen) atoms. The van der Waals surface area contributed by atoms with Crippen molar-refractivity contribution in [2.24, 2.45) is 11.7 Å². The Morgan fingerprint density at radius 2 is 2.00 bits per heavy atom. The van der Waals surface area contributed by atoms with Crippen LogP contribution in [0, 0.1) is 12.8 Å². The maximum Gasteiger partial charge on any atom is 0.243 e. The first-order valence-electron chi connectivity index (χ1n) is 6.16. The summed E-state index contributed by atoms with van der Waals surface area (Å²) in [6.45, 7) is 5.46. The molecule has 0 spiro atoms. The second-order valence-electron chi connectivity index (χ2n) is 4.72. The number of carbonyl (C=O) groups is 2. The van der Waals surface area contributed by atoms with Crippen LogP contribution in [0.3, 0.4) is 0 Å². The van der Waals surface area contributed by atoms with E-state index >= 15 is 0 Å². The zero-order valence-corrected chi connectivity index (χ0v) is 12.7. The van der Waals surface area contributed by atoms with Gasteiger partial charge in [0.2, 0.25) is 11.8 Å². The lowest BCUT2D eigenvalue weighted by atomic mass is 10.1. The molecule has 1 rings (SSSR count). The summed E-state index contributed by atoms with van der Waals surface area (Å²) in [5.41, 5.74) is 7.13. The average Bonchev–Trinajstić information content (AvgIpc) is 2.37. The Morgan fingerprint density at radius 3 is 2.50 bits per heavy atom. The topological polar surface area (TPSA) is 97.1 Å². The number of rotatable bonds is 5. The third kappa shape index (κ3) is 5.99. The maximum absolute atomic E-state index is 11.6. The smallest absolute Gasteiger partial charge is 0.243 e. The van der Waals surface area contributed by atoms with Gasteiger partial charge in [-0.15, -0.1) is 12.4 Å². The van der Waals surface area contributed by atoms with Crippen molar-refractivity contribution in [3.8, 4) is 0 Å². The number of hydrogen-bond acceptors (Lipinski definition) is 4. The van der Waals surface area contributed by atoms with E-state index in [1.165, 1.54) is 0 Å². The van der Waals surface area contributed by atoms with Gasteiger partial charge in [-0.3, -0.25) is 14.6 Å². The molecular weight excluding hydrogens is 280 g/mol. The Kier molecular flexibility index (Phi) is 7.79. The highest BCUT2D eigenvalue weighted by molar-refractivity contribution is 5.95. The summed E-state index contributed by atoms with van der Waals surface area (Å²) < 4.78 is 0. The van der Waals surface area contributed by atoms with Crippen LogP contribution in [-0.2, 0) is 9.59 Å². The Morgan fingerprint density at radius 1 is 1.35 bits per heavy atom. The zero-order chi connectivity index (χ0) is 14.4. The molecule has 0 bridgehead atoms. The number of aromatic nitrogens is 1. The molecule has 6 nitrogen and oxygen atoms in total. The molecule has 0 aliphatic heterocycles. The number of nitrogens with two attached hydrogens (primary N) is 1. The molecule has 0 fully saturated rings. The van der Waals surface area contributed by atoms with Crippen molar-refractivity contribution in [3.63, 3.8) is 0 Å². The standard InChI is InChI=1S/C13H20N4O2.ClH/c1-8(2)12(14)13(19)16-7-11(18)17-10-5-4-9(3)15-6-10;/h4-6,8,12H,7,14H2,1-3H3,(H,16,19)(H,17,18);1H/t12-;/m0./s1. The van der Waals surface area contributed by atoms with Gasteiger partial charge in [0.15, 0.2) is 0 Å². The zero-order valence-electron chi connectivity index (χ0n) is 11.8. The second kappa shape index (κ2) is 8.50. The minimum atomic E-state index is -0.603. The van der Waals surface area contributed by atoms with Crippen molar-refractivity contribution in [2.75, 3.05) is 11.9 Å². The lowest BCUT2D eigenvalue weighted by molar-refractivity contribution is -0.125. The monoisotopic (exact) mass is 300 g/mol. The van der Waals surface area contributed by atoms with Gasteiger partial charge in [-0.05, 0) is 25.0 Å². The Hall–Kier alpha value is -1.66. The lowest BCUT2D eigenvalue weighted by Crippen LogP contribution is -2.46. The number of hydrogen-bond donors (Lipinski definition) is 3. The third-order valence-corrected chi connectivity index (χ3v) is 2.64. The van der Waals surface area contributed by atoms with Crippen molar-refractivity contribution < 1.29 is 9.59 Å². The molecule has 1 aromatic rings. The molecule has 1 aromatic heterocycles. The number of pyridine rings is 1. The summed E-state index contributed by atoms with van der Waals surface area (Å²) >= 11 is 0. The fraction of sp³-hybridized carbons (Fsp3) is 0.462. The Balaban J connectivity index is 0.00000361. The van der Waals surface area contributed by atoms with E-state index in [4.69, 9.17) is 5.73 Å². The van der Waals surface area contributed by atoms with Crippen LogP contribution in [0.15, 0.2) is 18.3 Å². The van der Waals surface area contributed by atoms with Crippen LogP contribution in [0.2, 0.25) is 0 Å². The number of amides is 2. The van der Waals surface area contributed by atoms with Crippen LogP contribution in [-0.4, -0.2) is 29.4 Å². The van der Waals surface area contributed by atoms with E-state index in [1.807, 2.05) is 20.8 Å². The van der Waals surface area contributed by atoms with E-state index in [2.05, 4.69) is 15.6 Å². The van der Waals surface area contributed by atoms with Gasteiger partial charge in [-0.25, -0.2) is 0 Å². The molecule has 0 aromatic carbocycles. The van der Waals surface area contributed by atoms with Gasteiger partial charge >= 0.3 is 0 Å². The molecule has 2 amide bonds. The van der Waals surface area contributed by atoms with Crippen LogP contribution in [0.25, 0.3) is 0 Å². The van der Waals surface area contributed by atoms with Crippen LogP contribution in [0.5, 0.6) is 0 Å². The predicted octanol–water partition coefficient (Wildman–Crippen LogP) is 0.850. The number of halogens is 1. The van der Waals surface area contributed by atoms with E-state index in [-0.39, 0.29) is 36.7 Å². The molecule has 0 radical (unpaired) electrons. The number of nitrogens with zero attached hydrogens (tertiary/aromatic N) is 1. The fourth-order valence-corrected chi connectivity index (χ4v) is 1.33. The minimum Gasteiger partial charge on any atom is -0.346 e. The Labute approximate surface area is 124 Å². The van der Waals surface area contributed by atoms with E-state index < -0.39 is 6.04 Å². The molecule has 0 saturated carbocycles. The molecule has 0 aliphatic rings. The summed E-state index contributed by atoms with van der Waals surface area (Å²) in [4.78, 5) is 27.2. The summed E-state index contributed by atoms with van der Waals surface area (Å²) in [6, 6.07) is 2.94. The van der Waals surface area contributed by atoms with Crippen molar-refractivity contribution in [1.29, 1.82) is 0 Å². The lowest BCUT2D eigenvalue weighted by Gasteiger charge is -2.15. The van der Waals surface area contributed by atoms with Crippen LogP contribution in [0.1, 0.15) is 19.5 Å². The Bertz CT molecular complexity index is 448. The highest BCUT2D eigenvalue weighted by Crippen LogP contribution is 2.04. The molecule has 1 atom stereocenters. The first-order valence-corrected chi connectivity index (χ1v) is 6.16. The average molecular weight is 301 g/mol. The third-order valence-electron chi connectivity index (χ3n) is 2.64. The van der Waals surface area contributed by atoms with Crippen LogP contribution < -0.4 is 16.4 Å². The largest absolute Gasteiger partial charge is 0.346 e. The van der Waals surface area contributed by atoms with Crippen LogP contribution >= 0.6 is 12.4 Å². The van der Waals surface area contributed by atoms with E-state index in [0.717, 1.165) is 5.69 Å². The number of carbonyl (C=O) groups excluding carboxylic acids is 2. The summed E-state index contributed by atoms with van der Waals surface area (Å²) in [6.07, 6.45) is 1.56. The summed E-state index contributed by atoms with van der Waals surface area (Å²) in [5.74, 6) is -0.605. The SMILES string of the molecule is Cc1ccc(NC(=O)CNC(=O)[C@@H](N)C(C)C)cn1.Cl. The molecule has 1 heterocycles. The van der Waals surface area contributed by atoms with E-state index in [0.29, 0.717) is 5.69 Å². The van der Waals surface area contributed by atoms with E-state index in [1.54, 1.807) is 18.3 Å². The molecule has 0 saturated heterocycles. The fourth-order valence-electron chi connectivity index (χ4n) is 1.33. The van der Waals surface area contributed by atoms with E-state index in [9.17, 15) is 9.59 Å². The van der Waals surface area contributed by atoms with Crippen molar-refractivity contribution >= 4 is 29.9 Å². The number of nitrogens with one attached hydrogen (secondary N) is 2. The van der Waals surface area contributed by atoms with Gasteiger partial charge in [0.1, 0.15) is 0 Å². The van der Waals surface area contributed by atoms with Crippen molar-refractivity contribution in [2.45, 2.75) is 26.8 Å². The van der Waals surface area contributed by atoms with Gasteiger partial charge in [-0.1, -0.05) is 13.8 Å². The molecular formula is C13H21ClN4O2. The first kappa shape index (κ1) is 18.3. The molecule has 112 valence electrons. The highest BCUT2D eigenvalue weighted by Gasteiger charge is 2.17.